The Bertz CT molecular complexity index is 482. The summed E-state index contributed by atoms with van der Waals surface area (Å²) in [6.45, 7) is 1.84. The van der Waals surface area contributed by atoms with E-state index in [9.17, 15) is 18.0 Å². The summed E-state index contributed by atoms with van der Waals surface area (Å²) in [7, 11) is -2.36. The zero-order valence-electron chi connectivity index (χ0n) is 10.3. The van der Waals surface area contributed by atoms with Gasteiger partial charge in [0, 0.05) is 30.7 Å². The third-order valence-corrected chi connectivity index (χ3v) is 3.56. The summed E-state index contributed by atoms with van der Waals surface area (Å²) in [4.78, 5) is 24.1. The van der Waals surface area contributed by atoms with Gasteiger partial charge in [0.05, 0.1) is 12.9 Å². The molecule has 102 valence electrons. The molecule has 0 aliphatic carbocycles. The number of nitrogens with two attached hydrogens (primary N) is 1. The molecule has 1 amide bonds. The van der Waals surface area contributed by atoms with Crippen LogP contribution in [0.15, 0.2) is 11.8 Å². The van der Waals surface area contributed by atoms with Crippen LogP contribution in [0.1, 0.15) is 13.3 Å². The highest BCUT2D eigenvalue weighted by molar-refractivity contribution is 7.89. The number of ether oxygens (including phenoxy) is 1. The number of methoxy groups -OCH3 is 1. The van der Waals surface area contributed by atoms with Crippen molar-refractivity contribution in [3.05, 3.63) is 11.8 Å². The van der Waals surface area contributed by atoms with Gasteiger partial charge in [-0.05, 0) is 6.92 Å². The number of sulfonamides is 1. The van der Waals surface area contributed by atoms with Gasteiger partial charge < -0.3 is 9.64 Å². The highest BCUT2D eigenvalue weighted by Gasteiger charge is 2.32. The molecule has 1 heterocycles. The maximum atomic E-state index is 11.7. The van der Waals surface area contributed by atoms with Crippen molar-refractivity contribution in [2.45, 2.75) is 13.3 Å². The molecule has 0 aromatic carbocycles. The van der Waals surface area contributed by atoms with Crippen molar-refractivity contribution < 1.29 is 22.7 Å². The molecule has 1 aliphatic rings. The quantitative estimate of drug-likeness (QED) is 0.534. The molecule has 1 unspecified atom stereocenters. The van der Waals surface area contributed by atoms with E-state index in [-0.39, 0.29) is 30.5 Å². The zero-order valence-corrected chi connectivity index (χ0v) is 11.1. The van der Waals surface area contributed by atoms with Crippen molar-refractivity contribution in [3.8, 4) is 0 Å². The van der Waals surface area contributed by atoms with Gasteiger partial charge in [-0.3, -0.25) is 4.79 Å². The smallest absolute Gasteiger partial charge is 0.332 e. The van der Waals surface area contributed by atoms with Gasteiger partial charge in [0.1, 0.15) is 0 Å². The molecule has 0 spiro atoms. The van der Waals surface area contributed by atoms with Crippen LogP contribution < -0.4 is 5.14 Å². The predicted molar refractivity (Wildman–Crippen MR) is 63.6 cm³/mol. The van der Waals surface area contributed by atoms with Crippen LogP contribution in [0.25, 0.3) is 0 Å². The minimum atomic E-state index is -3.60. The number of rotatable bonds is 4. The highest BCUT2D eigenvalue weighted by atomic mass is 32.2. The van der Waals surface area contributed by atoms with Crippen molar-refractivity contribution >= 4 is 21.9 Å². The molecular weight excluding hydrogens is 260 g/mol. The fourth-order valence-corrected chi connectivity index (χ4v) is 2.75. The first kappa shape index (κ1) is 14.7. The zero-order chi connectivity index (χ0) is 13.9. The Morgan fingerprint density at radius 1 is 1.61 bits per heavy atom. The van der Waals surface area contributed by atoms with Gasteiger partial charge in [0.2, 0.25) is 15.9 Å². The molecule has 7 nitrogen and oxygen atoms in total. The predicted octanol–water partition coefficient (Wildman–Crippen LogP) is -0.800. The monoisotopic (exact) mass is 276 g/mol. The first-order valence-corrected chi connectivity index (χ1v) is 7.01. The lowest BCUT2D eigenvalue weighted by Crippen LogP contribution is -2.27. The first-order valence-electron chi connectivity index (χ1n) is 5.30. The second-order valence-electron chi connectivity index (χ2n) is 4.21. The Balaban J connectivity index is 2.73. The second-order valence-corrected chi connectivity index (χ2v) is 5.87. The van der Waals surface area contributed by atoms with Crippen molar-refractivity contribution in [1.82, 2.24) is 4.90 Å². The summed E-state index contributed by atoms with van der Waals surface area (Å²) in [6, 6.07) is 0. The summed E-state index contributed by atoms with van der Waals surface area (Å²) < 4.78 is 26.4. The molecule has 18 heavy (non-hydrogen) atoms. The fourth-order valence-electron chi connectivity index (χ4n) is 1.87. The lowest BCUT2D eigenvalue weighted by molar-refractivity contribution is -0.135. The van der Waals surface area contributed by atoms with Gasteiger partial charge in [0.15, 0.2) is 0 Å². The van der Waals surface area contributed by atoms with Crippen LogP contribution in [-0.4, -0.2) is 44.6 Å². The van der Waals surface area contributed by atoms with E-state index in [2.05, 4.69) is 4.74 Å². The van der Waals surface area contributed by atoms with Gasteiger partial charge in [-0.25, -0.2) is 18.4 Å². The topological polar surface area (TPSA) is 107 Å². The Kier molecular flexibility index (Phi) is 4.47. The first-order chi connectivity index (χ1) is 8.23. The van der Waals surface area contributed by atoms with E-state index >= 15 is 0 Å². The Morgan fingerprint density at radius 3 is 2.72 bits per heavy atom. The average molecular weight is 276 g/mol. The van der Waals surface area contributed by atoms with Crippen LogP contribution in [0.2, 0.25) is 0 Å². The number of nitrogens with zero attached hydrogens (tertiary/aromatic N) is 1. The largest absolute Gasteiger partial charge is 0.466 e. The number of carbonyl (C=O) groups excluding carboxylic acids is 2. The van der Waals surface area contributed by atoms with E-state index in [4.69, 9.17) is 5.14 Å². The molecule has 0 aromatic rings. The van der Waals surface area contributed by atoms with E-state index in [0.717, 1.165) is 0 Å². The Morgan fingerprint density at radius 2 is 2.22 bits per heavy atom. The third-order valence-electron chi connectivity index (χ3n) is 2.63. The summed E-state index contributed by atoms with van der Waals surface area (Å²) in [5.41, 5.74) is 0.434. The molecule has 0 saturated carbocycles. The molecule has 8 heteroatoms. The number of allylic oxidation sites excluding steroid dienone is 1. The molecule has 1 saturated heterocycles. The van der Waals surface area contributed by atoms with Crippen molar-refractivity contribution in [2.75, 3.05) is 19.4 Å². The Hall–Kier alpha value is -1.41. The minimum Gasteiger partial charge on any atom is -0.466 e. The summed E-state index contributed by atoms with van der Waals surface area (Å²) in [5, 5.41) is 4.94. The van der Waals surface area contributed by atoms with Gasteiger partial charge in [-0.2, -0.15) is 0 Å². The van der Waals surface area contributed by atoms with Crippen LogP contribution >= 0.6 is 0 Å². The van der Waals surface area contributed by atoms with Crippen LogP contribution in [0.3, 0.4) is 0 Å². The number of primary sulfonamides is 1. The maximum absolute atomic E-state index is 11.7. The van der Waals surface area contributed by atoms with Gasteiger partial charge >= 0.3 is 5.97 Å². The second kappa shape index (κ2) is 5.49. The van der Waals surface area contributed by atoms with Crippen molar-refractivity contribution in [3.63, 3.8) is 0 Å². The Labute approximate surface area is 106 Å². The molecule has 1 atom stereocenters. The van der Waals surface area contributed by atoms with Crippen molar-refractivity contribution in [2.24, 2.45) is 11.1 Å². The fraction of sp³-hybridized carbons (Fsp3) is 0.600. The van der Waals surface area contributed by atoms with Gasteiger partial charge in [-0.1, -0.05) is 0 Å². The SMILES string of the molecule is COC(=O)C=C(C)N1CC(CS(N)(=O)=O)CC1=O. The molecule has 0 radical (unpaired) electrons. The molecule has 1 fully saturated rings. The van der Waals surface area contributed by atoms with Crippen LogP contribution in [0.4, 0.5) is 0 Å². The molecule has 1 rings (SSSR count). The molecule has 1 aliphatic heterocycles. The number of esters is 1. The molecule has 0 bridgehead atoms. The van der Waals surface area contributed by atoms with Crippen LogP contribution in [0.5, 0.6) is 0 Å². The van der Waals surface area contributed by atoms with E-state index in [1.54, 1.807) is 6.92 Å². The maximum Gasteiger partial charge on any atom is 0.332 e. The summed E-state index contributed by atoms with van der Waals surface area (Å²) in [5.74, 6) is -1.36. The van der Waals surface area contributed by atoms with E-state index < -0.39 is 16.0 Å². The van der Waals surface area contributed by atoms with E-state index in [1.165, 1.54) is 18.1 Å². The number of hydrogen-bond donors (Lipinski definition) is 1. The molecule has 0 aromatic heterocycles. The average Bonchev–Trinajstić information content (AvgIpc) is 2.56. The number of carbonyl (C=O) groups is 2. The number of likely N-dealkylation sites (tertiary alicyclic amines) is 1. The lowest BCUT2D eigenvalue weighted by atomic mass is 10.1. The molecular formula is C10H16N2O5S. The number of amides is 1. The number of hydrogen-bond acceptors (Lipinski definition) is 5. The van der Waals surface area contributed by atoms with Gasteiger partial charge in [0.25, 0.3) is 0 Å². The lowest BCUT2D eigenvalue weighted by Gasteiger charge is -2.16. The summed E-state index contributed by atoms with van der Waals surface area (Å²) >= 11 is 0. The van der Waals surface area contributed by atoms with E-state index in [0.29, 0.717) is 5.70 Å². The van der Waals surface area contributed by atoms with Crippen LogP contribution in [0, 0.1) is 5.92 Å². The third kappa shape index (κ3) is 4.11. The summed E-state index contributed by atoms with van der Waals surface area (Å²) in [6.07, 6.45) is 1.31. The van der Waals surface area contributed by atoms with Crippen LogP contribution in [-0.2, 0) is 24.3 Å². The van der Waals surface area contributed by atoms with E-state index in [1.807, 2.05) is 0 Å². The standard InChI is InChI=1S/C10H16N2O5S/c1-7(3-10(14)17-2)12-5-8(4-9(12)13)6-18(11,15)16/h3,8H,4-6H2,1-2H3,(H2,11,15,16). The minimum absolute atomic E-state index is 0.114. The van der Waals surface area contributed by atoms with Crippen molar-refractivity contribution in [1.29, 1.82) is 0 Å². The highest BCUT2D eigenvalue weighted by Crippen LogP contribution is 2.22. The molecule has 2 N–H and O–H groups in total. The normalized spacial score (nSPS) is 21.3. The van der Waals surface area contributed by atoms with Gasteiger partial charge in [-0.15, -0.1) is 0 Å².